The summed E-state index contributed by atoms with van der Waals surface area (Å²) in [5, 5.41) is 3.53. The Kier molecular flexibility index (Phi) is 4.22. The minimum atomic E-state index is -4.44. The molecule has 1 atom stereocenters. The highest BCUT2D eigenvalue weighted by atomic mass is 19.4. The van der Waals surface area contributed by atoms with Crippen LogP contribution >= 0.6 is 0 Å². The number of rotatable bonds is 4. The maximum Gasteiger partial charge on any atom is 0.435 e. The van der Waals surface area contributed by atoms with Gasteiger partial charge in [0.2, 0.25) is 0 Å². The Morgan fingerprint density at radius 2 is 2.05 bits per heavy atom. The van der Waals surface area contributed by atoms with Gasteiger partial charge < -0.3 is 10.5 Å². The Hall–Kier alpha value is -2.02. The number of alkyl halides is 3. The molecular weight excluding hydrogens is 283 g/mol. The van der Waals surface area contributed by atoms with Crippen molar-refractivity contribution < 1.29 is 17.9 Å². The van der Waals surface area contributed by atoms with Crippen molar-refractivity contribution in [1.82, 2.24) is 9.78 Å². The summed E-state index contributed by atoms with van der Waals surface area (Å²) in [4.78, 5) is 0. The molecule has 114 valence electrons. The molecule has 0 aliphatic heterocycles. The van der Waals surface area contributed by atoms with Crippen molar-refractivity contribution in [3.8, 4) is 5.75 Å². The fraction of sp³-hybridized carbons (Fsp3) is 0.357. The van der Waals surface area contributed by atoms with Crippen molar-refractivity contribution >= 4 is 0 Å². The van der Waals surface area contributed by atoms with Crippen LogP contribution in [0.4, 0.5) is 13.2 Å². The molecule has 1 unspecified atom stereocenters. The van der Waals surface area contributed by atoms with Gasteiger partial charge in [0.25, 0.3) is 0 Å². The molecule has 0 amide bonds. The average Bonchev–Trinajstić information content (AvgIpc) is 2.87. The molecule has 2 aromatic rings. The summed E-state index contributed by atoms with van der Waals surface area (Å²) in [6, 6.07) is 6.18. The average molecular weight is 299 g/mol. The van der Waals surface area contributed by atoms with Crippen molar-refractivity contribution in [3.05, 3.63) is 47.3 Å². The van der Waals surface area contributed by atoms with Gasteiger partial charge in [0.15, 0.2) is 5.69 Å². The Labute approximate surface area is 120 Å². The lowest BCUT2D eigenvalue weighted by molar-refractivity contribution is -0.141. The number of nitrogens with two attached hydrogens (primary N) is 1. The molecule has 0 radical (unpaired) electrons. The highest BCUT2D eigenvalue weighted by Gasteiger charge is 2.33. The van der Waals surface area contributed by atoms with E-state index in [4.69, 9.17) is 10.5 Å². The first-order valence-corrected chi connectivity index (χ1v) is 6.34. The fourth-order valence-corrected chi connectivity index (χ4v) is 1.98. The molecular formula is C14H16F3N3O. The number of halogens is 3. The second-order valence-corrected chi connectivity index (χ2v) is 4.76. The van der Waals surface area contributed by atoms with E-state index in [2.05, 4.69) is 5.10 Å². The van der Waals surface area contributed by atoms with Crippen molar-refractivity contribution in [3.63, 3.8) is 0 Å². The van der Waals surface area contributed by atoms with Gasteiger partial charge >= 0.3 is 6.18 Å². The second kappa shape index (κ2) is 5.77. The molecule has 1 aromatic carbocycles. The molecule has 0 aliphatic rings. The topological polar surface area (TPSA) is 53.1 Å². The number of aromatic nitrogens is 2. The van der Waals surface area contributed by atoms with E-state index in [9.17, 15) is 13.2 Å². The lowest BCUT2D eigenvalue weighted by Crippen LogP contribution is -2.10. The molecule has 7 heteroatoms. The maximum atomic E-state index is 12.5. The molecule has 1 aromatic heterocycles. The third-order valence-corrected chi connectivity index (χ3v) is 3.09. The van der Waals surface area contributed by atoms with E-state index in [1.54, 1.807) is 6.07 Å². The van der Waals surface area contributed by atoms with E-state index in [1.807, 2.05) is 19.1 Å². The minimum Gasteiger partial charge on any atom is -0.496 e. The lowest BCUT2D eigenvalue weighted by Gasteiger charge is -2.13. The molecule has 4 nitrogen and oxygen atoms in total. The van der Waals surface area contributed by atoms with Crippen LogP contribution in [0.25, 0.3) is 0 Å². The van der Waals surface area contributed by atoms with Crippen LogP contribution < -0.4 is 10.5 Å². The maximum absolute atomic E-state index is 12.5. The zero-order valence-electron chi connectivity index (χ0n) is 11.7. The Morgan fingerprint density at radius 3 is 2.57 bits per heavy atom. The molecule has 1 heterocycles. The zero-order valence-corrected chi connectivity index (χ0v) is 11.7. The second-order valence-electron chi connectivity index (χ2n) is 4.76. The van der Waals surface area contributed by atoms with Gasteiger partial charge in [-0.05, 0) is 30.7 Å². The number of nitrogens with zero attached hydrogens (tertiary/aromatic N) is 2. The predicted octanol–water partition coefficient (Wildman–Crippen LogP) is 2.98. The normalized spacial score (nSPS) is 13.2. The van der Waals surface area contributed by atoms with Crippen molar-refractivity contribution in [2.45, 2.75) is 25.7 Å². The predicted molar refractivity (Wildman–Crippen MR) is 71.9 cm³/mol. The first kappa shape index (κ1) is 15.4. The minimum absolute atomic E-state index is 0.169. The molecule has 0 aliphatic carbocycles. The Balaban J connectivity index is 2.29. The quantitative estimate of drug-likeness (QED) is 0.944. The SMILES string of the molecule is COc1ccc(C(C)N)cc1Cn1ccc(C(F)(F)F)n1. The van der Waals surface area contributed by atoms with Crippen LogP contribution in [0.15, 0.2) is 30.5 Å². The molecule has 0 fully saturated rings. The summed E-state index contributed by atoms with van der Waals surface area (Å²) >= 11 is 0. The number of hydrogen-bond acceptors (Lipinski definition) is 3. The first-order valence-electron chi connectivity index (χ1n) is 6.34. The van der Waals surface area contributed by atoms with Crippen LogP contribution in [0.1, 0.15) is 29.8 Å². The monoisotopic (exact) mass is 299 g/mol. The molecule has 21 heavy (non-hydrogen) atoms. The van der Waals surface area contributed by atoms with Gasteiger partial charge in [0.1, 0.15) is 5.75 Å². The Morgan fingerprint density at radius 1 is 1.33 bits per heavy atom. The van der Waals surface area contributed by atoms with Gasteiger partial charge in [0.05, 0.1) is 13.7 Å². The Bertz CT molecular complexity index is 620. The lowest BCUT2D eigenvalue weighted by atomic mass is 10.0. The van der Waals surface area contributed by atoms with Crippen molar-refractivity contribution in [1.29, 1.82) is 0 Å². The van der Waals surface area contributed by atoms with Crippen molar-refractivity contribution in [2.75, 3.05) is 7.11 Å². The number of methoxy groups -OCH3 is 1. The van der Waals surface area contributed by atoms with Gasteiger partial charge in [-0.2, -0.15) is 18.3 Å². The van der Waals surface area contributed by atoms with E-state index in [0.717, 1.165) is 17.2 Å². The van der Waals surface area contributed by atoms with E-state index < -0.39 is 11.9 Å². The number of ether oxygens (including phenoxy) is 1. The molecule has 2 N–H and O–H groups in total. The third kappa shape index (κ3) is 3.55. The van der Waals surface area contributed by atoms with Crippen molar-refractivity contribution in [2.24, 2.45) is 5.73 Å². The van der Waals surface area contributed by atoms with Crippen LogP contribution in [0.3, 0.4) is 0 Å². The molecule has 2 rings (SSSR count). The van der Waals surface area contributed by atoms with Crippen LogP contribution in [0, 0.1) is 0 Å². The summed E-state index contributed by atoms with van der Waals surface area (Å²) in [7, 11) is 1.51. The van der Waals surface area contributed by atoms with E-state index in [0.29, 0.717) is 5.75 Å². The van der Waals surface area contributed by atoms with E-state index >= 15 is 0 Å². The zero-order chi connectivity index (χ0) is 15.6. The first-order chi connectivity index (χ1) is 9.81. The smallest absolute Gasteiger partial charge is 0.435 e. The summed E-state index contributed by atoms with van der Waals surface area (Å²) < 4.78 is 44.1. The highest BCUT2D eigenvalue weighted by molar-refractivity contribution is 5.38. The van der Waals surface area contributed by atoms with Gasteiger partial charge in [0, 0.05) is 17.8 Å². The third-order valence-electron chi connectivity index (χ3n) is 3.09. The van der Waals surface area contributed by atoms with Crippen LogP contribution in [0.5, 0.6) is 5.75 Å². The largest absolute Gasteiger partial charge is 0.496 e. The van der Waals surface area contributed by atoms with Gasteiger partial charge in [-0.1, -0.05) is 6.07 Å². The number of hydrogen-bond donors (Lipinski definition) is 1. The molecule has 0 spiro atoms. The standard InChI is InChI=1S/C14H16F3N3O/c1-9(18)10-3-4-12(21-2)11(7-10)8-20-6-5-13(19-20)14(15,16)17/h3-7,9H,8,18H2,1-2H3. The van der Waals surface area contributed by atoms with Gasteiger partial charge in [-0.3, -0.25) is 4.68 Å². The number of benzene rings is 1. The summed E-state index contributed by atoms with van der Waals surface area (Å²) in [5.41, 5.74) is 6.51. The van der Waals surface area contributed by atoms with Gasteiger partial charge in [-0.25, -0.2) is 0 Å². The highest BCUT2D eigenvalue weighted by Crippen LogP contribution is 2.28. The van der Waals surface area contributed by atoms with Crippen LogP contribution in [-0.4, -0.2) is 16.9 Å². The summed E-state index contributed by atoms with van der Waals surface area (Å²) in [5.74, 6) is 0.587. The summed E-state index contributed by atoms with van der Waals surface area (Å²) in [6.45, 7) is 2.01. The molecule has 0 saturated carbocycles. The fourth-order valence-electron chi connectivity index (χ4n) is 1.98. The molecule has 0 saturated heterocycles. The van der Waals surface area contributed by atoms with Crippen LogP contribution in [-0.2, 0) is 12.7 Å². The van der Waals surface area contributed by atoms with E-state index in [-0.39, 0.29) is 12.6 Å². The summed E-state index contributed by atoms with van der Waals surface area (Å²) in [6.07, 6.45) is -3.15. The van der Waals surface area contributed by atoms with Crippen LogP contribution in [0.2, 0.25) is 0 Å². The van der Waals surface area contributed by atoms with Gasteiger partial charge in [-0.15, -0.1) is 0 Å². The van der Waals surface area contributed by atoms with E-state index in [1.165, 1.54) is 18.0 Å². The molecule has 0 bridgehead atoms.